The Bertz CT molecular complexity index is 1760. The molecule has 2 saturated heterocycles. The number of aliphatic hydroxyl groups excluding tert-OH is 2. The van der Waals surface area contributed by atoms with E-state index in [1.165, 1.54) is 7.11 Å². The maximum Gasteiger partial charge on any atom is 0.326 e. The zero-order valence-corrected chi connectivity index (χ0v) is 42.6. The third-order valence-electron chi connectivity index (χ3n) is 14.5. The first-order valence-corrected chi connectivity index (χ1v) is 25.0. The zero-order chi connectivity index (χ0) is 50.7. The number of carboxylic acid groups (broad SMARTS) is 1. The summed E-state index contributed by atoms with van der Waals surface area (Å²) in [6.45, 7) is 13.5. The predicted molar refractivity (Wildman–Crippen MR) is 258 cm³/mol. The number of amides is 1. The number of carbonyl (C=O) groups is 5. The molecule has 1 amide bonds. The molecule has 0 aromatic heterocycles. The fourth-order valence-corrected chi connectivity index (χ4v) is 10.2. The molecule has 1 saturated carbocycles. The third kappa shape index (κ3) is 17.2. The minimum atomic E-state index is -2.38. The van der Waals surface area contributed by atoms with Crippen molar-refractivity contribution in [3.05, 3.63) is 47.6 Å². The maximum absolute atomic E-state index is 13.6. The van der Waals surface area contributed by atoms with E-state index in [1.54, 1.807) is 34.1 Å². The van der Waals surface area contributed by atoms with Crippen LogP contribution in [0.15, 0.2) is 47.6 Å². The third-order valence-corrected chi connectivity index (χ3v) is 14.5. The molecule has 0 bridgehead atoms. The topological polar surface area (TPSA) is 216 Å². The number of carboxylic acids is 1. The highest BCUT2D eigenvalue weighted by atomic mass is 16.6. The first kappa shape index (κ1) is 58.9. The van der Waals surface area contributed by atoms with Crippen LogP contribution < -0.4 is 0 Å². The Balaban J connectivity index is 1.48. The van der Waals surface area contributed by atoms with Crippen LogP contribution in [0.25, 0.3) is 0 Å². The fraction of sp³-hybridized carbons (Fsp3) is 0.755. The lowest BCUT2D eigenvalue weighted by atomic mass is 9.79. The summed E-state index contributed by atoms with van der Waals surface area (Å²) in [7, 11) is 4.67. The smallest absolute Gasteiger partial charge is 0.326 e. The summed E-state index contributed by atoms with van der Waals surface area (Å²) in [5.41, 5.74) is 1.38. The van der Waals surface area contributed by atoms with E-state index in [2.05, 4.69) is 6.92 Å². The number of piperidine rings is 1. The van der Waals surface area contributed by atoms with Gasteiger partial charge in [-0.1, -0.05) is 71.1 Å². The van der Waals surface area contributed by atoms with Gasteiger partial charge in [0.15, 0.2) is 5.78 Å². The van der Waals surface area contributed by atoms with Gasteiger partial charge in [-0.05, 0) is 113 Å². The second-order valence-electron chi connectivity index (χ2n) is 20.0. The predicted octanol–water partition coefficient (Wildman–Crippen LogP) is 6.75. The molecule has 0 radical (unpaired) electrons. The van der Waals surface area contributed by atoms with Gasteiger partial charge in [0.1, 0.15) is 24.0 Å². The number of hydrogen-bond donors (Lipinski definition) is 4. The number of hydrogen-bond acceptors (Lipinski definition) is 13. The van der Waals surface area contributed by atoms with Gasteiger partial charge < -0.3 is 49.0 Å². The lowest BCUT2D eigenvalue weighted by molar-refractivity contribution is -0.265. The summed E-state index contributed by atoms with van der Waals surface area (Å²) in [6, 6.07) is -1.12. The molecule has 3 aliphatic rings. The van der Waals surface area contributed by atoms with E-state index in [4.69, 9.17) is 28.8 Å². The van der Waals surface area contributed by atoms with Gasteiger partial charge in [0.2, 0.25) is 5.79 Å². The SMILES string of the molecule is CO[C@@H](C[C@@H]1CC[C@@H](C)[C@](O)(C(=O)C(=O)N2CCCC[C@H]2C(=O)O)O1)/C(C)=C/C=C/C=C/[C@@H](C)C[C@@H](C)C(=O)[C@H](OC)[C@H](O)/C(C)=C/[C@@H](C)C(=O)CC[C@H](C)C[C@@H]1CC[C@@H](OCCO)[C@H](OC)C1. The number of ketones is 3. The fourth-order valence-electron chi connectivity index (χ4n) is 10.2. The Hall–Kier alpha value is -3.41. The summed E-state index contributed by atoms with van der Waals surface area (Å²) in [4.78, 5) is 66.3. The lowest BCUT2D eigenvalue weighted by Crippen LogP contribution is -2.60. The van der Waals surface area contributed by atoms with Crippen molar-refractivity contribution in [2.75, 3.05) is 41.1 Å². The molecule has 386 valence electrons. The summed E-state index contributed by atoms with van der Waals surface area (Å²) in [5.74, 6) is -6.52. The number of rotatable bonds is 28. The molecule has 2 heterocycles. The van der Waals surface area contributed by atoms with Crippen molar-refractivity contribution in [2.24, 2.45) is 35.5 Å². The number of allylic oxidation sites excluding steroid dienone is 6. The number of ether oxygens (including phenoxy) is 5. The molecule has 4 N–H and O–H groups in total. The van der Waals surface area contributed by atoms with Crippen molar-refractivity contribution in [3.8, 4) is 0 Å². The molecular formula is C53H85NO14. The minimum absolute atomic E-state index is 0.00150. The van der Waals surface area contributed by atoms with Crippen LogP contribution in [0.3, 0.4) is 0 Å². The van der Waals surface area contributed by atoms with Crippen LogP contribution in [-0.2, 0) is 47.7 Å². The van der Waals surface area contributed by atoms with Crippen molar-refractivity contribution < 1.29 is 68.1 Å². The number of aliphatic carboxylic acids is 1. The van der Waals surface area contributed by atoms with E-state index in [0.29, 0.717) is 69.0 Å². The van der Waals surface area contributed by atoms with Gasteiger partial charge in [-0.15, -0.1) is 0 Å². The second-order valence-corrected chi connectivity index (χ2v) is 20.0. The molecule has 15 nitrogen and oxygen atoms in total. The van der Waals surface area contributed by atoms with Crippen molar-refractivity contribution in [3.63, 3.8) is 0 Å². The van der Waals surface area contributed by atoms with Crippen LogP contribution in [0.2, 0.25) is 0 Å². The largest absolute Gasteiger partial charge is 0.480 e. The van der Waals surface area contributed by atoms with E-state index in [1.807, 2.05) is 58.1 Å². The molecule has 1 aliphatic carbocycles. The van der Waals surface area contributed by atoms with E-state index >= 15 is 0 Å². The number of methoxy groups -OCH3 is 3. The summed E-state index contributed by atoms with van der Waals surface area (Å²) < 4.78 is 28.8. The first-order chi connectivity index (χ1) is 32.2. The molecule has 68 heavy (non-hydrogen) atoms. The van der Waals surface area contributed by atoms with Gasteiger partial charge in [0.25, 0.3) is 11.7 Å². The van der Waals surface area contributed by atoms with Gasteiger partial charge in [-0.25, -0.2) is 4.79 Å². The molecule has 0 spiro atoms. The highest BCUT2D eigenvalue weighted by Crippen LogP contribution is 2.37. The van der Waals surface area contributed by atoms with Gasteiger partial charge in [-0.2, -0.15) is 0 Å². The number of aliphatic hydroxyl groups is 3. The summed E-state index contributed by atoms with van der Waals surface area (Å²) in [5, 5.41) is 41.5. The van der Waals surface area contributed by atoms with E-state index in [9.17, 15) is 39.3 Å². The Morgan fingerprint density at radius 3 is 2.25 bits per heavy atom. The quantitative estimate of drug-likeness (QED) is 0.0363. The molecule has 2 aliphatic heterocycles. The molecule has 0 aromatic carbocycles. The number of Topliss-reactive ketones (excluding diaryl/α,β-unsaturated/α-hetero) is 3. The lowest BCUT2D eigenvalue weighted by Gasteiger charge is -2.42. The van der Waals surface area contributed by atoms with Crippen LogP contribution in [0.1, 0.15) is 132 Å². The zero-order valence-electron chi connectivity index (χ0n) is 42.6. The van der Waals surface area contributed by atoms with Crippen molar-refractivity contribution >= 4 is 29.2 Å². The standard InChI is InChI=1S/C53H85NO14/c1-33(16-12-11-13-17-35(3)45(64-8)32-41-22-20-39(7)53(63,68-41)50(59)51(60)54-25-15-14-18-42(54)52(61)62)28-37(5)47(57)49(66-10)48(58)38(6)30-36(4)43(56)23-19-34(2)29-40-21-24-44(67-27-26-55)46(31-40)65-9/h11-13,16-17,30,33-34,36-37,39-42,44-46,48-49,55,58,63H,14-15,18-29,31-32H2,1-10H3,(H,61,62)/b13-11+,16-12+,35-17+,38-30+/t33-,34+,36-,37-,39-,40+,41+,42+,44-,45+,46-,48-,49+,53-/m1/s1. The maximum atomic E-state index is 13.6. The molecule has 3 fully saturated rings. The molecule has 0 unspecified atom stereocenters. The van der Waals surface area contributed by atoms with Crippen LogP contribution in [0.5, 0.6) is 0 Å². The number of carbonyl (C=O) groups excluding carboxylic acids is 4. The molecule has 15 heteroatoms. The first-order valence-electron chi connectivity index (χ1n) is 25.0. The van der Waals surface area contributed by atoms with Crippen molar-refractivity contribution in [1.82, 2.24) is 4.90 Å². The van der Waals surface area contributed by atoms with Crippen molar-refractivity contribution in [2.45, 2.75) is 180 Å². The Labute approximate surface area is 405 Å². The molecule has 0 aromatic rings. The highest BCUT2D eigenvalue weighted by Gasteiger charge is 2.53. The van der Waals surface area contributed by atoms with Crippen molar-refractivity contribution in [1.29, 1.82) is 0 Å². The average molecular weight is 960 g/mol. The molecule has 3 rings (SSSR count). The van der Waals surface area contributed by atoms with E-state index in [0.717, 1.165) is 42.6 Å². The monoisotopic (exact) mass is 960 g/mol. The number of nitrogens with zero attached hydrogens (tertiary/aromatic N) is 1. The van der Waals surface area contributed by atoms with Gasteiger partial charge in [0, 0.05) is 58.5 Å². The van der Waals surface area contributed by atoms with Crippen LogP contribution in [0.4, 0.5) is 0 Å². The molecular weight excluding hydrogens is 875 g/mol. The minimum Gasteiger partial charge on any atom is -0.480 e. The molecule has 14 atom stereocenters. The summed E-state index contributed by atoms with van der Waals surface area (Å²) >= 11 is 0. The summed E-state index contributed by atoms with van der Waals surface area (Å²) in [6.07, 6.45) is 16.2. The normalized spacial score (nSPS) is 28.5. The van der Waals surface area contributed by atoms with Gasteiger partial charge in [-0.3, -0.25) is 19.2 Å². The average Bonchev–Trinajstić information content (AvgIpc) is 3.32. The van der Waals surface area contributed by atoms with E-state index < -0.39 is 71.7 Å². The number of likely N-dealkylation sites (tertiary alicyclic amines) is 1. The highest BCUT2D eigenvalue weighted by molar-refractivity contribution is 6.39. The van der Waals surface area contributed by atoms with Crippen LogP contribution >= 0.6 is 0 Å². The second kappa shape index (κ2) is 29.1. The Morgan fingerprint density at radius 2 is 1.60 bits per heavy atom. The Morgan fingerprint density at radius 1 is 0.882 bits per heavy atom. The van der Waals surface area contributed by atoms with Crippen LogP contribution in [-0.4, -0.2) is 144 Å². The van der Waals surface area contributed by atoms with E-state index in [-0.39, 0.29) is 49.3 Å². The van der Waals surface area contributed by atoms with Gasteiger partial charge >= 0.3 is 5.97 Å². The Kier molecular flexibility index (Phi) is 25.2. The van der Waals surface area contributed by atoms with Crippen LogP contribution in [0, 0.1) is 35.5 Å². The van der Waals surface area contributed by atoms with Gasteiger partial charge in [0.05, 0.1) is 37.6 Å².